The predicted octanol–water partition coefficient (Wildman–Crippen LogP) is 5.83. The maximum atomic E-state index is 5.30. The van der Waals surface area contributed by atoms with Crippen LogP contribution in [-0.4, -0.2) is 13.7 Å². The zero-order valence-corrected chi connectivity index (χ0v) is 13.9. The Labute approximate surface area is 126 Å². The van der Waals surface area contributed by atoms with Crippen LogP contribution < -0.4 is 0 Å². The molecule has 2 rings (SSSR count). The minimum absolute atomic E-state index is 0.862. The van der Waals surface area contributed by atoms with Crippen molar-refractivity contribution in [3.05, 3.63) is 0 Å². The van der Waals surface area contributed by atoms with Crippen LogP contribution in [0, 0.1) is 23.7 Å². The Morgan fingerprint density at radius 2 is 1.05 bits per heavy atom. The van der Waals surface area contributed by atoms with Crippen molar-refractivity contribution in [2.75, 3.05) is 13.7 Å². The molecule has 2 saturated carbocycles. The average molecular weight is 280 g/mol. The molecule has 0 atom stereocenters. The molecule has 2 aliphatic rings. The van der Waals surface area contributed by atoms with Crippen LogP contribution in [0.5, 0.6) is 0 Å². The van der Waals surface area contributed by atoms with Gasteiger partial charge in [-0.15, -0.1) is 0 Å². The third-order valence-corrected chi connectivity index (χ3v) is 6.02. The van der Waals surface area contributed by atoms with Crippen LogP contribution in [0.3, 0.4) is 0 Å². The lowest BCUT2D eigenvalue weighted by Gasteiger charge is -2.31. The quantitative estimate of drug-likeness (QED) is 0.570. The minimum Gasteiger partial charge on any atom is -0.384 e. The van der Waals surface area contributed by atoms with E-state index in [1.54, 1.807) is 0 Å². The second-order valence-electron chi connectivity index (χ2n) is 7.59. The van der Waals surface area contributed by atoms with Gasteiger partial charge in [-0.1, -0.05) is 71.1 Å². The molecule has 20 heavy (non-hydrogen) atoms. The van der Waals surface area contributed by atoms with E-state index in [1.165, 1.54) is 77.0 Å². The van der Waals surface area contributed by atoms with Crippen molar-refractivity contribution in [3.8, 4) is 0 Å². The summed E-state index contributed by atoms with van der Waals surface area (Å²) in [5.41, 5.74) is 0. The number of rotatable bonds is 7. The van der Waals surface area contributed by atoms with E-state index in [1.807, 2.05) is 7.11 Å². The predicted molar refractivity (Wildman–Crippen MR) is 86.9 cm³/mol. The summed E-state index contributed by atoms with van der Waals surface area (Å²) in [5, 5.41) is 0. The maximum absolute atomic E-state index is 5.30. The Kier molecular flexibility index (Phi) is 7.41. The van der Waals surface area contributed by atoms with Gasteiger partial charge in [-0.25, -0.2) is 0 Å². The molecule has 0 aromatic heterocycles. The summed E-state index contributed by atoms with van der Waals surface area (Å²) >= 11 is 0. The third-order valence-electron chi connectivity index (χ3n) is 6.02. The van der Waals surface area contributed by atoms with Gasteiger partial charge >= 0.3 is 0 Å². The summed E-state index contributed by atoms with van der Waals surface area (Å²) in [7, 11) is 1.85. The molecule has 0 heterocycles. The van der Waals surface area contributed by atoms with Gasteiger partial charge in [-0.05, 0) is 36.5 Å². The molecule has 0 radical (unpaired) electrons. The zero-order valence-electron chi connectivity index (χ0n) is 13.9. The molecule has 0 N–H and O–H groups in total. The number of methoxy groups -OCH3 is 1. The first-order valence-corrected chi connectivity index (χ1v) is 9.30. The minimum atomic E-state index is 0.862. The Hall–Kier alpha value is -0.0400. The first kappa shape index (κ1) is 16.3. The Balaban J connectivity index is 1.55. The lowest BCUT2D eigenvalue weighted by atomic mass is 9.75. The van der Waals surface area contributed by atoms with Crippen LogP contribution in [0.15, 0.2) is 0 Å². The van der Waals surface area contributed by atoms with E-state index in [2.05, 4.69) is 6.92 Å². The second-order valence-corrected chi connectivity index (χ2v) is 7.59. The standard InChI is InChI=1S/C19H36O/c1-3-4-16-5-7-17(8-6-16)9-10-18-11-13-19(14-12-18)15-20-2/h16-19H,3-15H2,1-2H3/t16-,17-,18?,19?. The molecule has 0 unspecified atom stereocenters. The monoisotopic (exact) mass is 280 g/mol. The second kappa shape index (κ2) is 9.07. The van der Waals surface area contributed by atoms with Crippen molar-refractivity contribution in [1.82, 2.24) is 0 Å². The first-order chi connectivity index (χ1) is 9.81. The van der Waals surface area contributed by atoms with E-state index in [0.29, 0.717) is 0 Å². The highest BCUT2D eigenvalue weighted by atomic mass is 16.5. The Morgan fingerprint density at radius 3 is 1.45 bits per heavy atom. The van der Waals surface area contributed by atoms with E-state index in [-0.39, 0.29) is 0 Å². The van der Waals surface area contributed by atoms with Gasteiger partial charge in [0.1, 0.15) is 0 Å². The molecular formula is C19H36O. The van der Waals surface area contributed by atoms with E-state index in [0.717, 1.165) is 30.3 Å². The topological polar surface area (TPSA) is 9.23 Å². The molecule has 0 spiro atoms. The lowest BCUT2D eigenvalue weighted by Crippen LogP contribution is -2.20. The van der Waals surface area contributed by atoms with Crippen molar-refractivity contribution in [3.63, 3.8) is 0 Å². The molecule has 0 aromatic carbocycles. The molecule has 1 nitrogen and oxygen atoms in total. The fourth-order valence-corrected chi connectivity index (χ4v) is 4.61. The van der Waals surface area contributed by atoms with E-state index in [4.69, 9.17) is 4.74 Å². The van der Waals surface area contributed by atoms with Gasteiger partial charge in [-0.3, -0.25) is 0 Å². The first-order valence-electron chi connectivity index (χ1n) is 9.30. The van der Waals surface area contributed by atoms with Gasteiger partial charge < -0.3 is 4.74 Å². The van der Waals surface area contributed by atoms with Crippen LogP contribution in [-0.2, 0) is 4.74 Å². The van der Waals surface area contributed by atoms with Crippen molar-refractivity contribution in [2.45, 2.75) is 84.0 Å². The summed E-state index contributed by atoms with van der Waals surface area (Å²) < 4.78 is 5.30. The normalized spacial score (nSPS) is 35.1. The zero-order chi connectivity index (χ0) is 14.2. The van der Waals surface area contributed by atoms with E-state index >= 15 is 0 Å². The smallest absolute Gasteiger partial charge is 0.0490 e. The molecule has 0 saturated heterocycles. The van der Waals surface area contributed by atoms with Gasteiger partial charge in [-0.2, -0.15) is 0 Å². The van der Waals surface area contributed by atoms with Gasteiger partial charge in [0, 0.05) is 13.7 Å². The third kappa shape index (κ3) is 5.39. The van der Waals surface area contributed by atoms with Crippen LogP contribution in [0.25, 0.3) is 0 Å². The van der Waals surface area contributed by atoms with Gasteiger partial charge in [0.05, 0.1) is 0 Å². The van der Waals surface area contributed by atoms with Gasteiger partial charge in [0.25, 0.3) is 0 Å². The van der Waals surface area contributed by atoms with Crippen molar-refractivity contribution >= 4 is 0 Å². The van der Waals surface area contributed by atoms with Crippen molar-refractivity contribution in [2.24, 2.45) is 23.7 Å². The summed E-state index contributed by atoms with van der Waals surface area (Å²) in [6.45, 7) is 3.33. The highest BCUT2D eigenvalue weighted by Crippen LogP contribution is 2.37. The van der Waals surface area contributed by atoms with Gasteiger partial charge in [0.15, 0.2) is 0 Å². The molecule has 0 amide bonds. The van der Waals surface area contributed by atoms with Crippen LogP contribution in [0.2, 0.25) is 0 Å². The molecule has 1 heteroatoms. The molecule has 0 bridgehead atoms. The molecular weight excluding hydrogens is 244 g/mol. The Morgan fingerprint density at radius 1 is 0.650 bits per heavy atom. The summed E-state index contributed by atoms with van der Waals surface area (Å²) in [4.78, 5) is 0. The number of ether oxygens (including phenoxy) is 1. The van der Waals surface area contributed by atoms with E-state index in [9.17, 15) is 0 Å². The van der Waals surface area contributed by atoms with Crippen LogP contribution >= 0.6 is 0 Å². The van der Waals surface area contributed by atoms with Crippen molar-refractivity contribution < 1.29 is 4.74 Å². The number of hydrogen-bond acceptors (Lipinski definition) is 1. The summed E-state index contributed by atoms with van der Waals surface area (Å²) in [5.74, 6) is 4.04. The average Bonchev–Trinajstić information content (AvgIpc) is 2.49. The highest BCUT2D eigenvalue weighted by molar-refractivity contribution is 4.76. The van der Waals surface area contributed by atoms with E-state index < -0.39 is 0 Å². The van der Waals surface area contributed by atoms with Crippen molar-refractivity contribution in [1.29, 1.82) is 0 Å². The van der Waals surface area contributed by atoms with Crippen LogP contribution in [0.1, 0.15) is 84.0 Å². The molecule has 0 aromatic rings. The molecule has 2 aliphatic carbocycles. The molecule has 2 fully saturated rings. The Bertz CT molecular complexity index is 208. The fraction of sp³-hybridized carbons (Fsp3) is 1.00. The maximum Gasteiger partial charge on any atom is 0.0490 e. The largest absolute Gasteiger partial charge is 0.384 e. The molecule has 118 valence electrons. The lowest BCUT2D eigenvalue weighted by molar-refractivity contribution is 0.115. The number of hydrogen-bond donors (Lipinski definition) is 0. The summed E-state index contributed by atoms with van der Waals surface area (Å²) in [6, 6.07) is 0. The fourth-order valence-electron chi connectivity index (χ4n) is 4.61. The van der Waals surface area contributed by atoms with Crippen LogP contribution in [0.4, 0.5) is 0 Å². The summed E-state index contributed by atoms with van der Waals surface area (Å²) in [6.07, 6.45) is 17.8. The molecule has 0 aliphatic heterocycles. The highest BCUT2D eigenvalue weighted by Gasteiger charge is 2.24. The SMILES string of the molecule is CCC[C@H]1CC[C@H](CCC2CCC(COC)CC2)CC1. The van der Waals surface area contributed by atoms with Gasteiger partial charge in [0.2, 0.25) is 0 Å².